The molecule has 0 N–H and O–H groups in total. The predicted molar refractivity (Wildman–Crippen MR) is 208 cm³/mol. The molecule has 0 aliphatic carbocycles. The number of rotatable bonds is 5. The Morgan fingerprint density at radius 2 is 1.14 bits per heavy atom. The second kappa shape index (κ2) is 9.99. The van der Waals surface area contributed by atoms with Gasteiger partial charge in [-0.2, -0.15) is 0 Å². The zero-order valence-electron chi connectivity index (χ0n) is 27.0. The van der Waals surface area contributed by atoms with Crippen molar-refractivity contribution in [3.8, 4) is 22.5 Å². The molecule has 49 heavy (non-hydrogen) atoms. The summed E-state index contributed by atoms with van der Waals surface area (Å²) in [5.74, 6) is 0. The summed E-state index contributed by atoms with van der Waals surface area (Å²) >= 11 is 0. The van der Waals surface area contributed by atoms with Gasteiger partial charge in [0.2, 0.25) is 0 Å². The van der Waals surface area contributed by atoms with Gasteiger partial charge in [0.15, 0.2) is 0 Å². The van der Waals surface area contributed by atoms with Gasteiger partial charge in [0.25, 0.3) is 0 Å². The number of para-hydroxylation sites is 2. The Morgan fingerprint density at radius 1 is 0.551 bits per heavy atom. The maximum absolute atomic E-state index is 5.67. The largest absolute Gasteiger partial charge is 0.306 e. The summed E-state index contributed by atoms with van der Waals surface area (Å²) < 4.78 is 4.84. The lowest BCUT2D eigenvalue weighted by Crippen LogP contribution is -2.03. The molecular weight excluding hydrogens is 597 g/mol. The summed E-state index contributed by atoms with van der Waals surface area (Å²) in [5.41, 5.74) is 14.5. The first kappa shape index (κ1) is 27.6. The predicted octanol–water partition coefficient (Wildman–Crippen LogP) is 10.8. The van der Waals surface area contributed by atoms with E-state index < -0.39 is 0 Å². The number of nitrogens with zero attached hydrogens (tertiary/aromatic N) is 4. The smallest absolute Gasteiger partial charge is 0.100 e. The fourth-order valence-corrected chi connectivity index (χ4v) is 8.37. The Hall–Kier alpha value is -6.52. The topological polar surface area (TPSA) is 34.6 Å². The minimum atomic E-state index is 0.856. The summed E-state index contributed by atoms with van der Waals surface area (Å²) in [6.07, 6.45) is 7.94. The van der Waals surface area contributed by atoms with Crippen molar-refractivity contribution in [3.63, 3.8) is 0 Å². The monoisotopic (exact) mass is 626 g/mol. The van der Waals surface area contributed by atoms with Crippen LogP contribution in [-0.4, -0.2) is 18.8 Å². The molecule has 0 aliphatic rings. The molecule has 5 heterocycles. The molecule has 0 radical (unpaired) electrons. The number of aryl methyl sites for hydroxylation is 1. The molecule has 0 spiro atoms. The van der Waals surface area contributed by atoms with Gasteiger partial charge in [0.05, 0.1) is 44.7 Å². The van der Waals surface area contributed by atoms with Gasteiger partial charge in [0, 0.05) is 48.8 Å². The van der Waals surface area contributed by atoms with Crippen LogP contribution in [0.3, 0.4) is 0 Å². The van der Waals surface area contributed by atoms with Crippen LogP contribution in [0, 0.1) is 6.92 Å². The molecule has 5 aromatic heterocycles. The van der Waals surface area contributed by atoms with Crippen LogP contribution in [0.25, 0.3) is 106 Å². The van der Waals surface area contributed by atoms with Crippen LogP contribution in [0.15, 0.2) is 129 Å². The summed E-state index contributed by atoms with van der Waals surface area (Å²) in [7, 11) is 0. The highest BCUT2D eigenvalue weighted by Gasteiger charge is 2.29. The number of fused-ring (bicyclic) bond motifs is 12. The standard InChI is InChI=1S/C45H30N4/c1-5-17-32-36-40-41(47-39(28-20-12-9-13-21-28)38(46-40)27-18-10-8-11-19-27)37-33-24-16-23-31-29(6-2)34(7-3)48(43(31)33)44(37)45(36)49-35-25-15-14-22-30(35)26(4)42(32)49/h5-25H,1-3H2,4H3/b32-17-. The fourth-order valence-electron chi connectivity index (χ4n) is 8.37. The van der Waals surface area contributed by atoms with Crippen LogP contribution in [0.5, 0.6) is 0 Å². The van der Waals surface area contributed by atoms with E-state index in [9.17, 15) is 0 Å². The average Bonchev–Trinajstić information content (AvgIpc) is 3.86. The lowest BCUT2D eigenvalue weighted by molar-refractivity contribution is 1.26. The van der Waals surface area contributed by atoms with E-state index in [1.807, 2.05) is 30.4 Å². The number of hydrogen-bond acceptors (Lipinski definition) is 2. The van der Waals surface area contributed by atoms with Gasteiger partial charge in [0.1, 0.15) is 11.0 Å². The van der Waals surface area contributed by atoms with E-state index in [4.69, 9.17) is 9.97 Å². The molecule has 230 valence electrons. The molecule has 0 aliphatic heterocycles. The molecule has 4 heteroatoms. The van der Waals surface area contributed by atoms with E-state index in [0.29, 0.717) is 0 Å². The van der Waals surface area contributed by atoms with Crippen LogP contribution < -0.4 is 5.22 Å². The normalized spacial score (nSPS) is 12.6. The molecular formula is C45H30N4. The van der Waals surface area contributed by atoms with E-state index in [1.54, 1.807) is 0 Å². The Bertz CT molecular complexity index is 3090. The van der Waals surface area contributed by atoms with Gasteiger partial charge in [-0.25, -0.2) is 9.97 Å². The van der Waals surface area contributed by atoms with Gasteiger partial charge in [-0.05, 0) is 24.6 Å². The minimum Gasteiger partial charge on any atom is -0.306 e. The molecule has 0 fully saturated rings. The highest BCUT2D eigenvalue weighted by molar-refractivity contribution is 6.33. The molecule has 10 rings (SSSR count). The third-order valence-electron chi connectivity index (χ3n) is 10.3. The Balaban J connectivity index is 1.60. The lowest BCUT2D eigenvalue weighted by Gasteiger charge is -2.13. The zero-order chi connectivity index (χ0) is 33.0. The third kappa shape index (κ3) is 3.42. The zero-order valence-corrected chi connectivity index (χ0v) is 27.0. The van der Waals surface area contributed by atoms with Crippen molar-refractivity contribution < 1.29 is 0 Å². The molecule has 0 saturated carbocycles. The Morgan fingerprint density at radius 3 is 1.80 bits per heavy atom. The van der Waals surface area contributed by atoms with Crippen LogP contribution >= 0.6 is 0 Å². The average molecular weight is 627 g/mol. The fraction of sp³-hybridized carbons (Fsp3) is 0.0222. The number of benzene rings is 5. The molecule has 0 saturated heterocycles. The van der Waals surface area contributed by atoms with Gasteiger partial charge in [-0.1, -0.05) is 135 Å². The molecule has 5 aromatic carbocycles. The van der Waals surface area contributed by atoms with Gasteiger partial charge in [-0.3, -0.25) is 0 Å². The highest BCUT2D eigenvalue weighted by Crippen LogP contribution is 2.46. The number of aromatic nitrogens is 4. The minimum absolute atomic E-state index is 0.856. The number of allylic oxidation sites excluding steroid dienone is 1. The molecule has 0 bridgehead atoms. The summed E-state index contributed by atoms with van der Waals surface area (Å²) in [6.45, 7) is 14.9. The Kier molecular flexibility index (Phi) is 5.62. The van der Waals surface area contributed by atoms with Crippen LogP contribution in [0.1, 0.15) is 16.8 Å². The van der Waals surface area contributed by atoms with E-state index in [2.05, 4.69) is 133 Å². The van der Waals surface area contributed by atoms with E-state index >= 15 is 0 Å². The van der Waals surface area contributed by atoms with Crippen LogP contribution in [0.2, 0.25) is 0 Å². The van der Waals surface area contributed by atoms with Crippen molar-refractivity contribution >= 4 is 83.8 Å². The molecule has 4 nitrogen and oxygen atoms in total. The van der Waals surface area contributed by atoms with Crippen LogP contribution in [-0.2, 0) is 0 Å². The first-order valence-corrected chi connectivity index (χ1v) is 16.6. The summed E-state index contributed by atoms with van der Waals surface area (Å²) in [4.78, 5) is 11.3. The van der Waals surface area contributed by atoms with Crippen molar-refractivity contribution in [3.05, 3.63) is 151 Å². The molecule has 10 aromatic rings. The van der Waals surface area contributed by atoms with Crippen molar-refractivity contribution in [2.45, 2.75) is 6.92 Å². The van der Waals surface area contributed by atoms with Gasteiger partial charge in [-0.15, -0.1) is 0 Å². The van der Waals surface area contributed by atoms with Crippen molar-refractivity contribution in [1.82, 2.24) is 18.8 Å². The quantitative estimate of drug-likeness (QED) is 0.190. The Labute approximate surface area is 282 Å². The molecule has 0 amide bonds. The second-order valence-electron chi connectivity index (χ2n) is 12.7. The van der Waals surface area contributed by atoms with Crippen molar-refractivity contribution in [2.24, 2.45) is 0 Å². The van der Waals surface area contributed by atoms with E-state index in [-0.39, 0.29) is 0 Å². The summed E-state index contributed by atoms with van der Waals surface area (Å²) in [6, 6.07) is 36.1. The van der Waals surface area contributed by atoms with E-state index in [0.717, 1.165) is 99.2 Å². The second-order valence-corrected chi connectivity index (χ2v) is 12.7. The maximum Gasteiger partial charge on any atom is 0.100 e. The van der Waals surface area contributed by atoms with E-state index in [1.165, 1.54) is 10.9 Å². The summed E-state index contributed by atoms with van der Waals surface area (Å²) in [5, 5.41) is 6.74. The molecule has 0 atom stereocenters. The van der Waals surface area contributed by atoms with Gasteiger partial charge < -0.3 is 8.80 Å². The highest BCUT2D eigenvalue weighted by atomic mass is 15.0. The van der Waals surface area contributed by atoms with Crippen LogP contribution in [0.4, 0.5) is 0 Å². The SMILES string of the molecule is C=C/C=c1/c2c3nc(-c4ccccc4)c(-c4ccccc4)nc3c3c4cccc5c(C=C)c(C=C)n(c54)c3c2n2c1c(C)c1ccccc12. The van der Waals surface area contributed by atoms with Crippen molar-refractivity contribution in [2.75, 3.05) is 0 Å². The van der Waals surface area contributed by atoms with Gasteiger partial charge >= 0.3 is 0 Å². The first-order chi connectivity index (χ1) is 24.2. The maximum atomic E-state index is 5.67. The third-order valence-corrected chi connectivity index (χ3v) is 10.3. The first-order valence-electron chi connectivity index (χ1n) is 16.6. The lowest BCUT2D eigenvalue weighted by atomic mass is 10.00. The molecule has 0 unspecified atom stereocenters. The van der Waals surface area contributed by atoms with Crippen molar-refractivity contribution in [1.29, 1.82) is 0 Å². The number of hydrogen-bond donors (Lipinski definition) is 0.